The molecule has 0 fully saturated rings. The minimum Gasteiger partial charge on any atom is -0.340 e. The molecule has 1 N–H and O–H groups in total. The van der Waals surface area contributed by atoms with E-state index in [1.165, 1.54) is 5.56 Å². The molecule has 0 aliphatic rings. The average molecular weight is 263 g/mol. The van der Waals surface area contributed by atoms with Gasteiger partial charge in [-0.05, 0) is 19.1 Å². The zero-order valence-electron chi connectivity index (χ0n) is 11.7. The van der Waals surface area contributed by atoms with Crippen molar-refractivity contribution in [1.82, 2.24) is 9.78 Å². The summed E-state index contributed by atoms with van der Waals surface area (Å²) in [4.78, 5) is 0. The Labute approximate surface area is 118 Å². The Bertz CT molecular complexity index is 697. The van der Waals surface area contributed by atoms with Crippen LogP contribution in [-0.4, -0.2) is 9.78 Å². The second-order valence-corrected chi connectivity index (χ2v) is 4.90. The molecule has 3 aromatic rings. The van der Waals surface area contributed by atoms with Gasteiger partial charge in [0.15, 0.2) is 0 Å². The fourth-order valence-electron chi connectivity index (χ4n) is 2.12. The lowest BCUT2D eigenvalue weighted by atomic mass is 10.1. The van der Waals surface area contributed by atoms with Crippen LogP contribution in [0.25, 0.3) is 11.3 Å². The first-order valence-electron chi connectivity index (χ1n) is 6.65. The van der Waals surface area contributed by atoms with E-state index in [2.05, 4.69) is 47.7 Å². The Hall–Kier alpha value is -2.55. The summed E-state index contributed by atoms with van der Waals surface area (Å²) in [5.74, 6) is 0.978. The summed E-state index contributed by atoms with van der Waals surface area (Å²) < 4.78 is 1.86. The Morgan fingerprint density at radius 3 is 2.35 bits per heavy atom. The van der Waals surface area contributed by atoms with Crippen LogP contribution in [-0.2, 0) is 7.05 Å². The van der Waals surface area contributed by atoms with Crippen LogP contribution >= 0.6 is 0 Å². The summed E-state index contributed by atoms with van der Waals surface area (Å²) in [6.07, 6.45) is 0. The predicted octanol–water partition coefficient (Wildman–Crippen LogP) is 4.14. The number of aryl methyl sites for hydroxylation is 2. The molecule has 0 aliphatic heterocycles. The lowest BCUT2D eigenvalue weighted by molar-refractivity contribution is 0.780. The van der Waals surface area contributed by atoms with Crippen LogP contribution in [0.3, 0.4) is 0 Å². The summed E-state index contributed by atoms with van der Waals surface area (Å²) in [6.45, 7) is 2.09. The van der Waals surface area contributed by atoms with Crippen LogP contribution in [0.1, 0.15) is 5.56 Å². The largest absolute Gasteiger partial charge is 0.340 e. The molecule has 100 valence electrons. The van der Waals surface area contributed by atoms with E-state index in [0.29, 0.717) is 0 Å². The molecule has 0 amide bonds. The molecule has 1 aromatic heterocycles. The van der Waals surface area contributed by atoms with E-state index < -0.39 is 0 Å². The molecule has 0 unspecified atom stereocenters. The van der Waals surface area contributed by atoms with Crippen LogP contribution in [0.4, 0.5) is 11.5 Å². The van der Waals surface area contributed by atoms with Crippen LogP contribution < -0.4 is 5.32 Å². The van der Waals surface area contributed by atoms with E-state index in [4.69, 9.17) is 0 Å². The third-order valence-corrected chi connectivity index (χ3v) is 3.27. The van der Waals surface area contributed by atoms with Crippen molar-refractivity contribution in [3.8, 4) is 11.3 Å². The summed E-state index contributed by atoms with van der Waals surface area (Å²) in [7, 11) is 1.95. The number of aromatic nitrogens is 2. The van der Waals surface area contributed by atoms with Crippen molar-refractivity contribution in [2.75, 3.05) is 5.32 Å². The number of rotatable bonds is 3. The Morgan fingerprint density at radius 1 is 0.950 bits per heavy atom. The molecule has 0 bridgehead atoms. The summed E-state index contributed by atoms with van der Waals surface area (Å²) in [5, 5.41) is 7.94. The quantitative estimate of drug-likeness (QED) is 0.769. The van der Waals surface area contributed by atoms with Gasteiger partial charge in [0.05, 0.1) is 5.69 Å². The maximum absolute atomic E-state index is 4.56. The highest BCUT2D eigenvalue weighted by molar-refractivity contribution is 5.66. The number of nitrogens with one attached hydrogen (secondary N) is 1. The van der Waals surface area contributed by atoms with Crippen molar-refractivity contribution in [3.05, 3.63) is 66.2 Å². The van der Waals surface area contributed by atoms with Crippen molar-refractivity contribution in [3.63, 3.8) is 0 Å². The van der Waals surface area contributed by atoms with Gasteiger partial charge in [-0.15, -0.1) is 0 Å². The number of hydrogen-bond acceptors (Lipinski definition) is 2. The molecule has 0 saturated carbocycles. The van der Waals surface area contributed by atoms with Crippen molar-refractivity contribution < 1.29 is 0 Å². The zero-order valence-corrected chi connectivity index (χ0v) is 11.7. The molecule has 3 rings (SSSR count). The Kier molecular flexibility index (Phi) is 3.25. The molecule has 3 heteroatoms. The molecular weight excluding hydrogens is 246 g/mol. The maximum atomic E-state index is 4.56. The highest BCUT2D eigenvalue weighted by Gasteiger charge is 2.07. The van der Waals surface area contributed by atoms with Crippen LogP contribution in [0, 0.1) is 6.92 Å². The molecule has 0 spiro atoms. The molecular formula is C17H17N3. The molecule has 0 aliphatic carbocycles. The Morgan fingerprint density at radius 2 is 1.65 bits per heavy atom. The number of nitrogens with zero attached hydrogens (tertiary/aromatic N) is 2. The van der Waals surface area contributed by atoms with Crippen molar-refractivity contribution in [1.29, 1.82) is 0 Å². The fraction of sp³-hybridized carbons (Fsp3) is 0.118. The lowest BCUT2D eigenvalue weighted by Crippen LogP contribution is -1.98. The third kappa shape index (κ3) is 2.57. The normalized spacial score (nSPS) is 10.5. The van der Waals surface area contributed by atoms with Gasteiger partial charge in [-0.3, -0.25) is 4.68 Å². The molecule has 0 atom stereocenters. The fourth-order valence-corrected chi connectivity index (χ4v) is 2.12. The van der Waals surface area contributed by atoms with Gasteiger partial charge in [0.1, 0.15) is 5.82 Å². The predicted molar refractivity (Wildman–Crippen MR) is 83.1 cm³/mol. The van der Waals surface area contributed by atoms with Crippen LogP contribution in [0.15, 0.2) is 60.7 Å². The van der Waals surface area contributed by atoms with E-state index in [1.807, 2.05) is 42.1 Å². The number of anilines is 2. The van der Waals surface area contributed by atoms with E-state index >= 15 is 0 Å². The second kappa shape index (κ2) is 5.21. The van der Waals surface area contributed by atoms with E-state index in [9.17, 15) is 0 Å². The standard InChI is InChI=1S/C17H17N3/c1-13-8-10-14(11-9-13)16-12-17(20(2)19-16)18-15-6-4-3-5-7-15/h3-12,18H,1-2H3. The van der Waals surface area contributed by atoms with Crippen molar-refractivity contribution in [2.45, 2.75) is 6.92 Å². The first-order chi connectivity index (χ1) is 9.72. The zero-order chi connectivity index (χ0) is 13.9. The smallest absolute Gasteiger partial charge is 0.128 e. The van der Waals surface area contributed by atoms with Crippen LogP contribution in [0.5, 0.6) is 0 Å². The molecule has 0 saturated heterocycles. The first-order valence-corrected chi connectivity index (χ1v) is 6.65. The minimum absolute atomic E-state index is 0.978. The van der Waals surface area contributed by atoms with Gasteiger partial charge in [0, 0.05) is 24.4 Å². The number of para-hydroxylation sites is 1. The van der Waals surface area contributed by atoms with E-state index in [1.54, 1.807) is 0 Å². The molecule has 20 heavy (non-hydrogen) atoms. The number of benzene rings is 2. The van der Waals surface area contributed by atoms with Gasteiger partial charge in [-0.2, -0.15) is 5.10 Å². The number of hydrogen-bond donors (Lipinski definition) is 1. The minimum atomic E-state index is 0.978. The topological polar surface area (TPSA) is 29.9 Å². The van der Waals surface area contributed by atoms with Crippen molar-refractivity contribution >= 4 is 11.5 Å². The second-order valence-electron chi connectivity index (χ2n) is 4.90. The molecule has 2 aromatic carbocycles. The van der Waals surface area contributed by atoms with Crippen molar-refractivity contribution in [2.24, 2.45) is 7.05 Å². The summed E-state index contributed by atoms with van der Waals surface area (Å²) >= 11 is 0. The maximum Gasteiger partial charge on any atom is 0.128 e. The monoisotopic (exact) mass is 263 g/mol. The average Bonchev–Trinajstić information content (AvgIpc) is 2.82. The van der Waals surface area contributed by atoms with E-state index in [-0.39, 0.29) is 0 Å². The molecule has 0 radical (unpaired) electrons. The Balaban J connectivity index is 1.89. The van der Waals surface area contributed by atoms with Crippen LogP contribution in [0.2, 0.25) is 0 Å². The van der Waals surface area contributed by atoms with Gasteiger partial charge in [-0.1, -0.05) is 48.0 Å². The SMILES string of the molecule is Cc1ccc(-c2cc(Nc3ccccc3)n(C)n2)cc1. The summed E-state index contributed by atoms with van der Waals surface area (Å²) in [6, 6.07) is 20.6. The van der Waals surface area contributed by atoms with Gasteiger partial charge in [-0.25, -0.2) is 0 Å². The first kappa shape index (κ1) is 12.5. The van der Waals surface area contributed by atoms with Gasteiger partial charge < -0.3 is 5.32 Å². The highest BCUT2D eigenvalue weighted by Crippen LogP contribution is 2.23. The van der Waals surface area contributed by atoms with E-state index in [0.717, 1.165) is 22.8 Å². The molecule has 1 heterocycles. The lowest BCUT2D eigenvalue weighted by Gasteiger charge is -2.04. The van der Waals surface area contributed by atoms with Gasteiger partial charge >= 0.3 is 0 Å². The van der Waals surface area contributed by atoms with Gasteiger partial charge in [0.25, 0.3) is 0 Å². The highest BCUT2D eigenvalue weighted by atomic mass is 15.3. The molecule has 3 nitrogen and oxygen atoms in total. The van der Waals surface area contributed by atoms with Gasteiger partial charge in [0.2, 0.25) is 0 Å². The third-order valence-electron chi connectivity index (χ3n) is 3.27. The summed E-state index contributed by atoms with van der Waals surface area (Å²) in [5.41, 5.74) is 4.43.